The molecule has 1 saturated heterocycles. The van der Waals surface area contributed by atoms with Gasteiger partial charge < -0.3 is 4.74 Å². The number of fused-ring (bicyclic) bond motifs is 1. The lowest BCUT2D eigenvalue weighted by molar-refractivity contribution is -0.166. The Balaban J connectivity index is 2.15. The average molecular weight is 236 g/mol. The van der Waals surface area contributed by atoms with Gasteiger partial charge in [0.1, 0.15) is 17.7 Å². The molecular formula is C13H20N2O2. The zero-order valence-corrected chi connectivity index (χ0v) is 10.5. The summed E-state index contributed by atoms with van der Waals surface area (Å²) in [4.78, 5) is 11.8. The van der Waals surface area contributed by atoms with E-state index in [0.29, 0.717) is 5.92 Å². The van der Waals surface area contributed by atoms with Gasteiger partial charge in [-0.15, -0.1) is 0 Å². The van der Waals surface area contributed by atoms with Crippen molar-refractivity contribution in [1.29, 1.82) is 5.26 Å². The van der Waals surface area contributed by atoms with Gasteiger partial charge in [-0.2, -0.15) is 5.26 Å². The van der Waals surface area contributed by atoms with E-state index in [0.717, 1.165) is 32.1 Å². The van der Waals surface area contributed by atoms with Crippen LogP contribution in [-0.4, -0.2) is 23.7 Å². The van der Waals surface area contributed by atoms with Crippen LogP contribution in [0.15, 0.2) is 0 Å². The fraction of sp³-hybridized carbons (Fsp3) is 0.846. The van der Waals surface area contributed by atoms with Crippen molar-refractivity contribution in [3.8, 4) is 6.07 Å². The highest BCUT2D eigenvalue weighted by molar-refractivity contribution is 5.77. The average Bonchev–Trinajstić information content (AvgIpc) is 2.29. The lowest BCUT2D eigenvalue weighted by Gasteiger charge is -2.45. The maximum Gasteiger partial charge on any atom is 0.323 e. The number of nitriles is 1. The Bertz CT molecular complexity index is 348. The molecule has 4 nitrogen and oxygen atoms in total. The Morgan fingerprint density at radius 3 is 3.00 bits per heavy atom. The van der Waals surface area contributed by atoms with Gasteiger partial charge in [0.25, 0.3) is 0 Å². The molecule has 1 saturated carbocycles. The fourth-order valence-corrected chi connectivity index (χ4v) is 2.84. The standard InChI is InChI=1S/C13H20N2O2/c1-9(2)7-10-12(16)17-11-5-3-4-6-13(11,8-14)15-10/h9-11,15H,3-7H2,1-2H3/t10-,11-,13-/m0/s1. The molecule has 0 bridgehead atoms. The number of carbonyl (C=O) groups excluding carboxylic acids is 1. The van der Waals surface area contributed by atoms with Crippen LogP contribution < -0.4 is 5.32 Å². The summed E-state index contributed by atoms with van der Waals surface area (Å²) in [7, 11) is 0. The molecule has 0 unspecified atom stereocenters. The quantitative estimate of drug-likeness (QED) is 0.742. The molecule has 2 fully saturated rings. The van der Waals surface area contributed by atoms with E-state index in [-0.39, 0.29) is 18.1 Å². The predicted molar refractivity (Wildman–Crippen MR) is 63.1 cm³/mol. The molecule has 3 atom stereocenters. The first-order valence-electron chi connectivity index (χ1n) is 6.47. The van der Waals surface area contributed by atoms with Crippen molar-refractivity contribution in [1.82, 2.24) is 5.32 Å². The second-order valence-electron chi connectivity index (χ2n) is 5.58. The minimum Gasteiger partial charge on any atom is -0.458 e. The van der Waals surface area contributed by atoms with Crippen LogP contribution in [0.25, 0.3) is 0 Å². The van der Waals surface area contributed by atoms with E-state index in [1.807, 2.05) is 0 Å². The molecule has 2 rings (SSSR count). The Hall–Kier alpha value is -1.08. The molecule has 0 aromatic heterocycles. The van der Waals surface area contributed by atoms with E-state index in [1.165, 1.54) is 0 Å². The summed E-state index contributed by atoms with van der Waals surface area (Å²) in [6, 6.07) is 2.04. The van der Waals surface area contributed by atoms with Crippen LogP contribution in [0.1, 0.15) is 46.0 Å². The van der Waals surface area contributed by atoms with Crippen LogP contribution in [0.3, 0.4) is 0 Å². The van der Waals surface area contributed by atoms with Crippen LogP contribution in [0.5, 0.6) is 0 Å². The summed E-state index contributed by atoms with van der Waals surface area (Å²) in [5, 5.41) is 12.7. The SMILES string of the molecule is CC(C)C[C@@H]1N[C@]2(C#N)CCCC[C@@H]2OC1=O. The summed E-state index contributed by atoms with van der Waals surface area (Å²) < 4.78 is 5.47. The van der Waals surface area contributed by atoms with E-state index in [1.54, 1.807) is 0 Å². The molecule has 0 spiro atoms. The van der Waals surface area contributed by atoms with Gasteiger partial charge in [0.2, 0.25) is 0 Å². The lowest BCUT2D eigenvalue weighted by Crippen LogP contribution is -2.66. The van der Waals surface area contributed by atoms with Crippen LogP contribution in [0, 0.1) is 17.2 Å². The number of nitrogens with one attached hydrogen (secondary N) is 1. The highest BCUT2D eigenvalue weighted by atomic mass is 16.6. The Labute approximate surface area is 102 Å². The van der Waals surface area contributed by atoms with Gasteiger partial charge in [0.15, 0.2) is 0 Å². The summed E-state index contributed by atoms with van der Waals surface area (Å²) in [6.45, 7) is 4.14. The molecule has 1 N–H and O–H groups in total. The van der Waals surface area contributed by atoms with Crippen LogP contribution in [-0.2, 0) is 9.53 Å². The minimum absolute atomic E-state index is 0.184. The highest BCUT2D eigenvalue weighted by Gasteiger charge is 2.50. The van der Waals surface area contributed by atoms with Crippen molar-refractivity contribution in [2.24, 2.45) is 5.92 Å². The van der Waals surface area contributed by atoms with Gasteiger partial charge in [-0.1, -0.05) is 20.3 Å². The number of rotatable bonds is 2. The highest BCUT2D eigenvalue weighted by Crippen LogP contribution is 2.34. The second kappa shape index (κ2) is 4.66. The number of esters is 1. The van der Waals surface area contributed by atoms with Crippen molar-refractivity contribution < 1.29 is 9.53 Å². The van der Waals surface area contributed by atoms with Gasteiger partial charge in [-0.05, 0) is 31.6 Å². The molecule has 0 aromatic carbocycles. The third-order valence-electron chi connectivity index (χ3n) is 3.72. The van der Waals surface area contributed by atoms with Crippen molar-refractivity contribution >= 4 is 5.97 Å². The van der Waals surface area contributed by atoms with E-state index >= 15 is 0 Å². The van der Waals surface area contributed by atoms with Crippen molar-refractivity contribution in [3.05, 3.63) is 0 Å². The molecule has 0 amide bonds. The fourth-order valence-electron chi connectivity index (χ4n) is 2.84. The first-order valence-corrected chi connectivity index (χ1v) is 6.47. The van der Waals surface area contributed by atoms with E-state index < -0.39 is 5.54 Å². The number of carbonyl (C=O) groups is 1. The Kier molecular flexibility index (Phi) is 3.39. The second-order valence-corrected chi connectivity index (χ2v) is 5.58. The summed E-state index contributed by atoms with van der Waals surface area (Å²) in [6.07, 6.45) is 4.14. The van der Waals surface area contributed by atoms with E-state index in [2.05, 4.69) is 25.2 Å². The molecule has 94 valence electrons. The van der Waals surface area contributed by atoms with Crippen LogP contribution >= 0.6 is 0 Å². The van der Waals surface area contributed by atoms with Gasteiger partial charge in [-0.25, -0.2) is 0 Å². The summed E-state index contributed by atoms with van der Waals surface area (Å²) in [5.41, 5.74) is -0.633. The zero-order chi connectivity index (χ0) is 12.5. The summed E-state index contributed by atoms with van der Waals surface area (Å²) in [5.74, 6) is 0.229. The zero-order valence-electron chi connectivity index (χ0n) is 10.5. The summed E-state index contributed by atoms with van der Waals surface area (Å²) >= 11 is 0. The maximum absolute atomic E-state index is 11.8. The number of hydrogen-bond donors (Lipinski definition) is 1. The molecule has 1 aliphatic carbocycles. The first-order chi connectivity index (χ1) is 8.07. The lowest BCUT2D eigenvalue weighted by atomic mass is 9.78. The van der Waals surface area contributed by atoms with Crippen molar-refractivity contribution in [2.45, 2.75) is 63.6 Å². The number of morpholine rings is 1. The van der Waals surface area contributed by atoms with E-state index in [4.69, 9.17) is 4.74 Å². The van der Waals surface area contributed by atoms with Gasteiger partial charge in [0.05, 0.1) is 6.07 Å². The molecule has 1 heterocycles. The van der Waals surface area contributed by atoms with Crippen LogP contribution in [0.4, 0.5) is 0 Å². The predicted octanol–water partition coefficient (Wildman–Crippen LogP) is 1.75. The molecule has 2 aliphatic rings. The third kappa shape index (κ3) is 2.30. The smallest absolute Gasteiger partial charge is 0.323 e. The molecule has 4 heteroatoms. The monoisotopic (exact) mass is 236 g/mol. The molecule has 17 heavy (non-hydrogen) atoms. The largest absolute Gasteiger partial charge is 0.458 e. The third-order valence-corrected chi connectivity index (χ3v) is 3.72. The van der Waals surface area contributed by atoms with Gasteiger partial charge >= 0.3 is 5.97 Å². The van der Waals surface area contributed by atoms with E-state index in [9.17, 15) is 10.1 Å². The Morgan fingerprint density at radius 1 is 1.59 bits per heavy atom. The topological polar surface area (TPSA) is 62.1 Å². The molecule has 0 aromatic rings. The normalized spacial score (nSPS) is 37.2. The number of ether oxygens (including phenoxy) is 1. The van der Waals surface area contributed by atoms with Crippen molar-refractivity contribution in [3.63, 3.8) is 0 Å². The number of nitrogens with zero attached hydrogens (tertiary/aromatic N) is 1. The van der Waals surface area contributed by atoms with Gasteiger partial charge in [-0.3, -0.25) is 10.1 Å². The van der Waals surface area contributed by atoms with Gasteiger partial charge in [0, 0.05) is 0 Å². The minimum atomic E-state index is -0.633. The Morgan fingerprint density at radius 2 is 2.35 bits per heavy atom. The van der Waals surface area contributed by atoms with Crippen LogP contribution in [0.2, 0.25) is 0 Å². The molecule has 1 aliphatic heterocycles. The molecular weight excluding hydrogens is 216 g/mol. The molecule has 0 radical (unpaired) electrons. The van der Waals surface area contributed by atoms with Crippen molar-refractivity contribution in [2.75, 3.05) is 0 Å². The number of hydrogen-bond acceptors (Lipinski definition) is 4. The maximum atomic E-state index is 11.8. The first kappa shape index (κ1) is 12.4.